The van der Waals surface area contributed by atoms with Crippen LogP contribution in [0.15, 0.2) is 49.4 Å². The lowest BCUT2D eigenvalue weighted by Gasteiger charge is -2.28. The SMILES string of the molecule is C=CCO[C@@H]1CCN(c2ccccn2)[C@@H]1Cc1cnn(C)c1. The maximum Gasteiger partial charge on any atom is 0.128 e. The van der Waals surface area contributed by atoms with E-state index in [0.29, 0.717) is 6.61 Å². The van der Waals surface area contributed by atoms with Crippen LogP contribution in [0.5, 0.6) is 0 Å². The number of aryl methyl sites for hydroxylation is 1. The molecule has 2 aromatic rings. The summed E-state index contributed by atoms with van der Waals surface area (Å²) in [7, 11) is 1.94. The lowest BCUT2D eigenvalue weighted by molar-refractivity contribution is 0.0681. The summed E-state index contributed by atoms with van der Waals surface area (Å²) < 4.78 is 7.82. The van der Waals surface area contributed by atoms with E-state index in [4.69, 9.17) is 4.74 Å². The summed E-state index contributed by atoms with van der Waals surface area (Å²) in [5.74, 6) is 1.01. The van der Waals surface area contributed by atoms with Gasteiger partial charge in [0.05, 0.1) is 24.9 Å². The minimum absolute atomic E-state index is 0.195. The molecular weight excluding hydrogens is 276 g/mol. The van der Waals surface area contributed by atoms with Gasteiger partial charge in [0.15, 0.2) is 0 Å². The highest BCUT2D eigenvalue weighted by molar-refractivity contribution is 5.42. The second-order valence-electron chi connectivity index (χ2n) is 5.62. The maximum atomic E-state index is 5.98. The Hall–Kier alpha value is -2.14. The predicted molar refractivity (Wildman–Crippen MR) is 86.8 cm³/mol. The standard InChI is InChI=1S/C17H22N4O/c1-3-10-22-16-7-9-21(17-6-4-5-8-18-17)15(16)11-14-12-19-20(2)13-14/h3-6,8,12-13,15-16H,1,7,9-11H2,2H3/t15-,16-/m1/s1. The number of nitrogens with zero attached hydrogens (tertiary/aromatic N) is 4. The fourth-order valence-electron chi connectivity index (χ4n) is 3.08. The van der Waals surface area contributed by atoms with Gasteiger partial charge in [-0.3, -0.25) is 4.68 Å². The molecule has 2 atom stereocenters. The van der Waals surface area contributed by atoms with Crippen LogP contribution >= 0.6 is 0 Å². The van der Waals surface area contributed by atoms with Crippen LogP contribution in [0.4, 0.5) is 5.82 Å². The summed E-state index contributed by atoms with van der Waals surface area (Å²) in [4.78, 5) is 6.85. The molecule has 0 aromatic carbocycles. The van der Waals surface area contributed by atoms with Crippen molar-refractivity contribution < 1.29 is 4.74 Å². The van der Waals surface area contributed by atoms with Crippen molar-refractivity contribution in [2.45, 2.75) is 25.0 Å². The second kappa shape index (κ2) is 6.75. The van der Waals surface area contributed by atoms with Crippen LogP contribution in [0.2, 0.25) is 0 Å². The second-order valence-corrected chi connectivity index (χ2v) is 5.62. The average Bonchev–Trinajstić information content (AvgIpc) is 3.13. The van der Waals surface area contributed by atoms with Crippen LogP contribution < -0.4 is 4.90 Å². The van der Waals surface area contributed by atoms with E-state index in [1.165, 1.54) is 5.56 Å². The molecule has 1 saturated heterocycles. The van der Waals surface area contributed by atoms with E-state index in [9.17, 15) is 0 Å². The number of anilines is 1. The third kappa shape index (κ3) is 3.20. The van der Waals surface area contributed by atoms with Crippen LogP contribution in [0.25, 0.3) is 0 Å². The molecule has 5 nitrogen and oxygen atoms in total. The first-order valence-corrected chi connectivity index (χ1v) is 7.65. The predicted octanol–water partition coefficient (Wildman–Crippen LogP) is 2.21. The Balaban J connectivity index is 1.80. The molecule has 116 valence electrons. The van der Waals surface area contributed by atoms with Crippen molar-refractivity contribution in [1.82, 2.24) is 14.8 Å². The summed E-state index contributed by atoms with van der Waals surface area (Å²) in [6.07, 6.45) is 9.76. The molecule has 3 heterocycles. The maximum absolute atomic E-state index is 5.98. The number of hydrogen-bond donors (Lipinski definition) is 0. The summed E-state index contributed by atoms with van der Waals surface area (Å²) >= 11 is 0. The highest BCUT2D eigenvalue weighted by atomic mass is 16.5. The first kappa shape index (κ1) is 14.8. The molecule has 0 saturated carbocycles. The van der Waals surface area contributed by atoms with Crippen molar-refractivity contribution in [3.05, 3.63) is 55.0 Å². The van der Waals surface area contributed by atoms with Crippen LogP contribution in [-0.4, -0.2) is 40.1 Å². The molecule has 0 amide bonds. The van der Waals surface area contributed by atoms with E-state index < -0.39 is 0 Å². The molecular formula is C17H22N4O. The zero-order valence-electron chi connectivity index (χ0n) is 12.9. The number of pyridine rings is 1. The van der Waals surface area contributed by atoms with Crippen LogP contribution in [0, 0.1) is 0 Å². The van der Waals surface area contributed by atoms with Gasteiger partial charge in [0.1, 0.15) is 5.82 Å². The highest BCUT2D eigenvalue weighted by Gasteiger charge is 2.35. The lowest BCUT2D eigenvalue weighted by Crippen LogP contribution is -2.38. The van der Waals surface area contributed by atoms with Gasteiger partial charge in [-0.25, -0.2) is 4.98 Å². The fraction of sp³-hybridized carbons (Fsp3) is 0.412. The van der Waals surface area contributed by atoms with Crippen molar-refractivity contribution in [3.63, 3.8) is 0 Å². The van der Waals surface area contributed by atoms with Gasteiger partial charge in [0.2, 0.25) is 0 Å². The number of aromatic nitrogens is 3. The molecule has 0 radical (unpaired) electrons. The third-order valence-corrected chi connectivity index (χ3v) is 4.06. The Morgan fingerprint density at radius 1 is 1.45 bits per heavy atom. The topological polar surface area (TPSA) is 43.2 Å². The number of ether oxygens (including phenoxy) is 1. The molecule has 0 N–H and O–H groups in total. The van der Waals surface area contributed by atoms with Crippen molar-refractivity contribution in [3.8, 4) is 0 Å². The Kier molecular flexibility index (Phi) is 4.53. The Morgan fingerprint density at radius 3 is 3.05 bits per heavy atom. The molecule has 2 aromatic heterocycles. The van der Waals surface area contributed by atoms with Crippen LogP contribution in [-0.2, 0) is 18.2 Å². The summed E-state index contributed by atoms with van der Waals surface area (Å²) in [5.41, 5.74) is 1.22. The van der Waals surface area contributed by atoms with Gasteiger partial charge in [0, 0.05) is 26.0 Å². The molecule has 0 spiro atoms. The van der Waals surface area contributed by atoms with Gasteiger partial charge in [-0.1, -0.05) is 12.1 Å². The zero-order valence-corrected chi connectivity index (χ0v) is 12.9. The summed E-state index contributed by atoms with van der Waals surface area (Å²) in [5, 5.41) is 4.27. The largest absolute Gasteiger partial charge is 0.372 e. The molecule has 3 rings (SSSR count). The molecule has 1 aliphatic rings. The molecule has 0 bridgehead atoms. The van der Waals surface area contributed by atoms with Gasteiger partial charge in [-0.15, -0.1) is 6.58 Å². The van der Waals surface area contributed by atoms with E-state index in [-0.39, 0.29) is 12.1 Å². The summed E-state index contributed by atoms with van der Waals surface area (Å²) in [6.45, 7) is 5.30. The van der Waals surface area contributed by atoms with E-state index >= 15 is 0 Å². The average molecular weight is 298 g/mol. The highest BCUT2D eigenvalue weighted by Crippen LogP contribution is 2.28. The minimum Gasteiger partial charge on any atom is -0.372 e. The molecule has 22 heavy (non-hydrogen) atoms. The van der Waals surface area contributed by atoms with Crippen LogP contribution in [0.1, 0.15) is 12.0 Å². The van der Waals surface area contributed by atoms with Gasteiger partial charge < -0.3 is 9.64 Å². The molecule has 0 unspecified atom stereocenters. The number of rotatable bonds is 6. The number of hydrogen-bond acceptors (Lipinski definition) is 4. The van der Waals surface area contributed by atoms with Crippen molar-refractivity contribution in [1.29, 1.82) is 0 Å². The zero-order chi connectivity index (χ0) is 15.4. The minimum atomic E-state index is 0.195. The first-order chi connectivity index (χ1) is 10.8. The Morgan fingerprint density at radius 2 is 2.36 bits per heavy atom. The first-order valence-electron chi connectivity index (χ1n) is 7.65. The van der Waals surface area contributed by atoms with E-state index in [1.807, 2.05) is 42.3 Å². The monoisotopic (exact) mass is 298 g/mol. The van der Waals surface area contributed by atoms with Crippen molar-refractivity contribution in [2.75, 3.05) is 18.1 Å². The van der Waals surface area contributed by atoms with Crippen molar-refractivity contribution >= 4 is 5.82 Å². The molecule has 5 heteroatoms. The molecule has 0 aliphatic carbocycles. The van der Waals surface area contributed by atoms with Gasteiger partial charge in [-0.05, 0) is 30.5 Å². The molecule has 1 fully saturated rings. The lowest BCUT2D eigenvalue weighted by atomic mass is 10.0. The van der Waals surface area contributed by atoms with Crippen LogP contribution in [0.3, 0.4) is 0 Å². The van der Waals surface area contributed by atoms with Crippen molar-refractivity contribution in [2.24, 2.45) is 7.05 Å². The van der Waals surface area contributed by atoms with Gasteiger partial charge >= 0.3 is 0 Å². The van der Waals surface area contributed by atoms with Gasteiger partial charge in [-0.2, -0.15) is 5.10 Å². The Bertz CT molecular complexity index is 610. The van der Waals surface area contributed by atoms with E-state index in [0.717, 1.165) is 25.2 Å². The quantitative estimate of drug-likeness (QED) is 0.767. The summed E-state index contributed by atoms with van der Waals surface area (Å²) in [6, 6.07) is 6.31. The molecule has 1 aliphatic heterocycles. The van der Waals surface area contributed by atoms with E-state index in [2.05, 4.69) is 33.8 Å². The Labute approximate surface area is 131 Å². The normalized spacial score (nSPS) is 21.2. The van der Waals surface area contributed by atoms with E-state index in [1.54, 1.807) is 0 Å². The smallest absolute Gasteiger partial charge is 0.128 e. The third-order valence-electron chi connectivity index (χ3n) is 4.06. The van der Waals surface area contributed by atoms with Gasteiger partial charge in [0.25, 0.3) is 0 Å². The fourth-order valence-corrected chi connectivity index (χ4v) is 3.08.